The van der Waals surface area contributed by atoms with E-state index in [1.165, 1.54) is 11.8 Å². The zero-order chi connectivity index (χ0) is 19.9. The zero-order valence-corrected chi connectivity index (χ0v) is 16.2. The van der Waals surface area contributed by atoms with Gasteiger partial charge in [0.1, 0.15) is 11.4 Å². The van der Waals surface area contributed by atoms with Gasteiger partial charge in [-0.15, -0.1) is 5.10 Å². The first-order valence-electron chi connectivity index (χ1n) is 8.60. The van der Waals surface area contributed by atoms with Crippen molar-refractivity contribution in [1.82, 2.24) is 20.2 Å². The largest absolute Gasteiger partial charge is 0.492 e. The standard InChI is InChI=1S/C19H18N6O2S/c1-3-27-17-10-5-4-9-16(17)25-19(22-23-24-25)28-13(2)18(26)21-15-8-6-7-14(11-15)12-20/h4-11,13H,3H2,1-2H3,(H,21,26). The highest BCUT2D eigenvalue weighted by Gasteiger charge is 2.20. The predicted octanol–water partition coefficient (Wildman–Crippen LogP) is 3.05. The molecular formula is C19H18N6O2S. The number of nitrogens with one attached hydrogen (secondary N) is 1. The maximum atomic E-state index is 12.5. The Balaban J connectivity index is 1.75. The van der Waals surface area contributed by atoms with Gasteiger partial charge in [-0.05, 0) is 54.6 Å². The van der Waals surface area contributed by atoms with Crippen LogP contribution in [0.1, 0.15) is 19.4 Å². The summed E-state index contributed by atoms with van der Waals surface area (Å²) in [6, 6.07) is 16.2. The topological polar surface area (TPSA) is 106 Å². The van der Waals surface area contributed by atoms with Crippen LogP contribution in [0.4, 0.5) is 5.69 Å². The van der Waals surface area contributed by atoms with Gasteiger partial charge in [0, 0.05) is 5.69 Å². The number of nitrogens with zero attached hydrogens (tertiary/aromatic N) is 5. The molecule has 28 heavy (non-hydrogen) atoms. The maximum absolute atomic E-state index is 12.5. The fraction of sp³-hybridized carbons (Fsp3) is 0.211. The number of carbonyl (C=O) groups is 1. The van der Waals surface area contributed by atoms with E-state index in [0.717, 1.165) is 0 Å². The molecule has 1 aromatic heterocycles. The van der Waals surface area contributed by atoms with Crippen molar-refractivity contribution >= 4 is 23.4 Å². The Morgan fingerprint density at radius 2 is 2.14 bits per heavy atom. The lowest BCUT2D eigenvalue weighted by Crippen LogP contribution is -2.23. The van der Waals surface area contributed by atoms with Crippen molar-refractivity contribution in [3.63, 3.8) is 0 Å². The van der Waals surface area contributed by atoms with E-state index in [1.807, 2.05) is 37.3 Å². The summed E-state index contributed by atoms with van der Waals surface area (Å²) in [6.45, 7) is 4.18. The van der Waals surface area contributed by atoms with E-state index in [9.17, 15) is 4.79 Å². The van der Waals surface area contributed by atoms with Crippen LogP contribution in [-0.2, 0) is 4.79 Å². The normalized spacial score (nSPS) is 11.5. The van der Waals surface area contributed by atoms with E-state index in [0.29, 0.717) is 34.5 Å². The minimum absolute atomic E-state index is 0.215. The van der Waals surface area contributed by atoms with Gasteiger partial charge in [-0.3, -0.25) is 4.79 Å². The molecule has 0 bridgehead atoms. The molecule has 0 aliphatic carbocycles. The Morgan fingerprint density at radius 3 is 2.93 bits per heavy atom. The lowest BCUT2D eigenvalue weighted by atomic mass is 10.2. The summed E-state index contributed by atoms with van der Waals surface area (Å²) in [6.07, 6.45) is 0. The number of carbonyl (C=O) groups excluding carboxylic acids is 1. The van der Waals surface area contributed by atoms with E-state index >= 15 is 0 Å². The fourth-order valence-electron chi connectivity index (χ4n) is 2.44. The molecule has 0 spiro atoms. The number of hydrogen-bond acceptors (Lipinski definition) is 7. The molecule has 0 saturated heterocycles. The van der Waals surface area contributed by atoms with Crippen LogP contribution in [0.3, 0.4) is 0 Å². The third-order valence-electron chi connectivity index (χ3n) is 3.74. The number of hydrogen-bond donors (Lipinski definition) is 1. The van der Waals surface area contributed by atoms with Gasteiger partial charge in [-0.25, -0.2) is 0 Å². The molecule has 0 saturated carbocycles. The quantitative estimate of drug-likeness (QED) is 0.614. The van der Waals surface area contributed by atoms with Crippen LogP contribution in [0.15, 0.2) is 53.7 Å². The first-order chi connectivity index (χ1) is 13.6. The lowest BCUT2D eigenvalue weighted by molar-refractivity contribution is -0.115. The van der Waals surface area contributed by atoms with Crippen molar-refractivity contribution in [3.05, 3.63) is 54.1 Å². The summed E-state index contributed by atoms with van der Waals surface area (Å²) in [5, 5.41) is 23.6. The summed E-state index contributed by atoms with van der Waals surface area (Å²) in [7, 11) is 0. The Hall–Kier alpha value is -3.38. The number of anilines is 1. The average molecular weight is 394 g/mol. The molecule has 0 radical (unpaired) electrons. The summed E-state index contributed by atoms with van der Waals surface area (Å²) >= 11 is 1.23. The summed E-state index contributed by atoms with van der Waals surface area (Å²) in [4.78, 5) is 12.5. The molecular weight excluding hydrogens is 376 g/mol. The van der Waals surface area contributed by atoms with Crippen LogP contribution in [0.2, 0.25) is 0 Å². The number of amides is 1. The van der Waals surface area contributed by atoms with E-state index < -0.39 is 5.25 Å². The minimum atomic E-state index is -0.463. The van der Waals surface area contributed by atoms with Gasteiger partial charge >= 0.3 is 0 Å². The molecule has 0 aliphatic heterocycles. The van der Waals surface area contributed by atoms with Gasteiger partial charge < -0.3 is 10.1 Å². The van der Waals surface area contributed by atoms with E-state index in [2.05, 4.69) is 20.8 Å². The van der Waals surface area contributed by atoms with Crippen molar-refractivity contribution in [2.75, 3.05) is 11.9 Å². The number of aromatic nitrogens is 4. The molecule has 1 amide bonds. The first kappa shape index (κ1) is 19.4. The van der Waals surface area contributed by atoms with Gasteiger partial charge in [-0.1, -0.05) is 30.0 Å². The first-order valence-corrected chi connectivity index (χ1v) is 9.48. The molecule has 0 fully saturated rings. The molecule has 2 aromatic carbocycles. The van der Waals surface area contributed by atoms with Crippen LogP contribution in [0, 0.1) is 11.3 Å². The van der Waals surface area contributed by atoms with Crippen molar-refractivity contribution < 1.29 is 9.53 Å². The fourth-order valence-corrected chi connectivity index (χ4v) is 3.24. The van der Waals surface area contributed by atoms with Gasteiger partial charge in [0.15, 0.2) is 0 Å². The van der Waals surface area contributed by atoms with Crippen LogP contribution in [0.5, 0.6) is 5.75 Å². The third kappa shape index (κ3) is 4.47. The maximum Gasteiger partial charge on any atom is 0.237 e. The molecule has 0 aliphatic rings. The second kappa shape index (κ2) is 9.01. The van der Waals surface area contributed by atoms with Crippen molar-refractivity contribution in [3.8, 4) is 17.5 Å². The van der Waals surface area contributed by atoms with E-state index in [4.69, 9.17) is 10.00 Å². The smallest absolute Gasteiger partial charge is 0.237 e. The highest BCUT2D eigenvalue weighted by molar-refractivity contribution is 8.00. The Kier molecular flexibility index (Phi) is 6.24. The predicted molar refractivity (Wildman–Crippen MR) is 105 cm³/mol. The van der Waals surface area contributed by atoms with Crippen LogP contribution in [0.25, 0.3) is 5.69 Å². The molecule has 3 rings (SSSR count). The SMILES string of the molecule is CCOc1ccccc1-n1nnnc1SC(C)C(=O)Nc1cccc(C#N)c1. The lowest BCUT2D eigenvalue weighted by Gasteiger charge is -2.13. The summed E-state index contributed by atoms with van der Waals surface area (Å²) < 4.78 is 7.19. The number of benzene rings is 2. The number of rotatable bonds is 7. The van der Waals surface area contributed by atoms with Crippen molar-refractivity contribution in [2.45, 2.75) is 24.3 Å². The average Bonchev–Trinajstić information content (AvgIpc) is 3.16. The second-order valence-electron chi connectivity index (χ2n) is 5.72. The molecule has 1 heterocycles. The van der Waals surface area contributed by atoms with Gasteiger partial charge in [-0.2, -0.15) is 9.94 Å². The van der Waals surface area contributed by atoms with Crippen LogP contribution >= 0.6 is 11.8 Å². The number of ether oxygens (including phenoxy) is 1. The van der Waals surface area contributed by atoms with Gasteiger partial charge in [0.05, 0.1) is 23.5 Å². The van der Waals surface area contributed by atoms with Crippen molar-refractivity contribution in [1.29, 1.82) is 5.26 Å². The number of para-hydroxylation sites is 2. The zero-order valence-electron chi connectivity index (χ0n) is 15.4. The number of nitriles is 1. The Labute approximate surface area is 166 Å². The van der Waals surface area contributed by atoms with E-state index in [1.54, 1.807) is 35.9 Å². The van der Waals surface area contributed by atoms with Gasteiger partial charge in [0.2, 0.25) is 11.1 Å². The molecule has 1 N–H and O–H groups in total. The molecule has 142 valence electrons. The summed E-state index contributed by atoms with van der Waals surface area (Å²) in [5.74, 6) is 0.442. The molecule has 8 nitrogen and oxygen atoms in total. The third-order valence-corrected chi connectivity index (χ3v) is 4.78. The van der Waals surface area contributed by atoms with Crippen molar-refractivity contribution in [2.24, 2.45) is 0 Å². The van der Waals surface area contributed by atoms with Crippen LogP contribution in [-0.4, -0.2) is 38.0 Å². The monoisotopic (exact) mass is 394 g/mol. The minimum Gasteiger partial charge on any atom is -0.492 e. The van der Waals surface area contributed by atoms with E-state index in [-0.39, 0.29) is 5.91 Å². The molecule has 1 atom stereocenters. The number of thioether (sulfide) groups is 1. The Morgan fingerprint density at radius 1 is 1.32 bits per heavy atom. The number of tetrazole rings is 1. The highest BCUT2D eigenvalue weighted by atomic mass is 32.2. The molecule has 1 unspecified atom stereocenters. The molecule has 9 heteroatoms. The highest BCUT2D eigenvalue weighted by Crippen LogP contribution is 2.28. The molecule has 3 aromatic rings. The second-order valence-corrected chi connectivity index (χ2v) is 7.02. The Bertz CT molecular complexity index is 1010. The summed E-state index contributed by atoms with van der Waals surface area (Å²) in [5.41, 5.74) is 1.75. The van der Waals surface area contributed by atoms with Crippen LogP contribution < -0.4 is 10.1 Å². The van der Waals surface area contributed by atoms with Gasteiger partial charge in [0.25, 0.3) is 0 Å².